The van der Waals surface area contributed by atoms with Crippen LogP contribution in [0.4, 0.5) is 5.69 Å². The zero-order valence-corrected chi connectivity index (χ0v) is 21.3. The minimum absolute atomic E-state index is 0.0749. The Labute approximate surface area is 214 Å². The van der Waals surface area contributed by atoms with Gasteiger partial charge in [-0.1, -0.05) is 0 Å². The van der Waals surface area contributed by atoms with E-state index < -0.39 is 22.5 Å². The summed E-state index contributed by atoms with van der Waals surface area (Å²) in [6, 6.07) is 18.3. The largest absolute Gasteiger partial charge is 0.494 e. The summed E-state index contributed by atoms with van der Waals surface area (Å²) < 4.78 is 44.2. The van der Waals surface area contributed by atoms with Crippen LogP contribution in [0.25, 0.3) is 0 Å². The molecule has 36 heavy (non-hydrogen) atoms. The lowest BCUT2D eigenvalue weighted by atomic mass is 10.2. The fourth-order valence-corrected chi connectivity index (χ4v) is 5.23. The van der Waals surface area contributed by atoms with Gasteiger partial charge in [-0.3, -0.25) is 9.10 Å². The maximum atomic E-state index is 13.5. The summed E-state index contributed by atoms with van der Waals surface area (Å²) in [5, 5.41) is 3.96. The smallest absolute Gasteiger partial charge is 0.264 e. The van der Waals surface area contributed by atoms with Gasteiger partial charge in [0.05, 0.1) is 23.4 Å². The summed E-state index contributed by atoms with van der Waals surface area (Å²) >= 11 is 1.51. The van der Waals surface area contributed by atoms with Crippen molar-refractivity contribution in [1.29, 1.82) is 0 Å². The molecule has 1 amide bonds. The number of hydrogen-bond donors (Lipinski definition) is 1. The van der Waals surface area contributed by atoms with Crippen LogP contribution in [0, 0.1) is 0 Å². The first-order valence-corrected chi connectivity index (χ1v) is 13.7. The van der Waals surface area contributed by atoms with E-state index in [2.05, 4.69) is 10.5 Å². The molecule has 0 saturated heterocycles. The number of amides is 1. The molecule has 1 N–H and O–H groups in total. The van der Waals surface area contributed by atoms with Crippen LogP contribution in [0.5, 0.6) is 17.2 Å². The van der Waals surface area contributed by atoms with E-state index in [4.69, 9.17) is 14.2 Å². The Morgan fingerprint density at radius 1 is 1.08 bits per heavy atom. The van der Waals surface area contributed by atoms with E-state index in [0.717, 1.165) is 9.20 Å². The molecule has 0 saturated carbocycles. The van der Waals surface area contributed by atoms with Crippen LogP contribution in [-0.4, -0.2) is 46.7 Å². The molecule has 3 aromatic carbocycles. The van der Waals surface area contributed by atoms with Gasteiger partial charge < -0.3 is 14.2 Å². The SMILES string of the molecule is CCOc1ccc(N(CC(=O)N/N=C\c2ccc3c(c2)OCO3)S(=O)(=O)c2ccc(SC)cc2)cc1. The predicted molar refractivity (Wildman–Crippen MR) is 139 cm³/mol. The number of hydrazone groups is 1. The highest BCUT2D eigenvalue weighted by Crippen LogP contribution is 2.32. The number of benzene rings is 3. The van der Waals surface area contributed by atoms with Gasteiger partial charge in [-0.2, -0.15) is 5.10 Å². The number of thioether (sulfide) groups is 1. The Morgan fingerprint density at radius 2 is 1.81 bits per heavy atom. The lowest BCUT2D eigenvalue weighted by molar-refractivity contribution is -0.119. The van der Waals surface area contributed by atoms with Crippen LogP contribution in [0.15, 0.2) is 81.6 Å². The van der Waals surface area contributed by atoms with Crippen molar-refractivity contribution < 1.29 is 27.4 Å². The highest BCUT2D eigenvalue weighted by Gasteiger charge is 2.27. The number of nitrogens with one attached hydrogen (secondary N) is 1. The number of fused-ring (bicyclic) bond motifs is 1. The monoisotopic (exact) mass is 527 g/mol. The Balaban J connectivity index is 1.54. The van der Waals surface area contributed by atoms with E-state index in [9.17, 15) is 13.2 Å². The van der Waals surface area contributed by atoms with Crippen LogP contribution in [-0.2, 0) is 14.8 Å². The van der Waals surface area contributed by atoms with Crippen LogP contribution in [0.3, 0.4) is 0 Å². The first-order valence-electron chi connectivity index (χ1n) is 11.0. The van der Waals surface area contributed by atoms with Gasteiger partial charge in [0, 0.05) is 4.90 Å². The average Bonchev–Trinajstić information content (AvgIpc) is 3.36. The Kier molecular flexibility index (Phi) is 8.01. The van der Waals surface area contributed by atoms with E-state index in [-0.39, 0.29) is 11.7 Å². The summed E-state index contributed by atoms with van der Waals surface area (Å²) in [7, 11) is -4.04. The first-order chi connectivity index (χ1) is 17.4. The van der Waals surface area contributed by atoms with Gasteiger partial charge in [-0.05, 0) is 85.5 Å². The molecule has 1 aliphatic rings. The van der Waals surface area contributed by atoms with Gasteiger partial charge in [-0.25, -0.2) is 13.8 Å². The quantitative estimate of drug-likeness (QED) is 0.242. The Hall–Kier alpha value is -3.70. The standard InChI is InChI=1S/C25H25N3O6S2/c1-3-32-20-7-5-19(6-8-20)28(36(30,31)22-11-9-21(35-2)10-12-22)16-25(29)27-26-15-18-4-13-23-24(14-18)34-17-33-23/h4-15H,3,16-17H2,1-2H3,(H,27,29)/b26-15-. The number of carbonyl (C=O) groups is 1. The van der Waals surface area contributed by atoms with Crippen molar-refractivity contribution in [3.05, 3.63) is 72.3 Å². The number of rotatable bonds is 10. The second-order valence-corrected chi connectivity index (χ2v) is 10.3. The number of sulfonamides is 1. The van der Waals surface area contributed by atoms with Crippen molar-refractivity contribution in [2.75, 3.05) is 30.5 Å². The van der Waals surface area contributed by atoms with Crippen molar-refractivity contribution in [3.8, 4) is 17.2 Å². The zero-order chi connectivity index (χ0) is 25.5. The maximum absolute atomic E-state index is 13.5. The molecule has 0 atom stereocenters. The molecular formula is C25H25N3O6S2. The number of ether oxygens (including phenoxy) is 3. The molecule has 0 radical (unpaired) electrons. The third-order valence-corrected chi connectivity index (χ3v) is 7.70. The molecular weight excluding hydrogens is 502 g/mol. The molecule has 1 heterocycles. The number of hydrogen-bond acceptors (Lipinski definition) is 8. The van der Waals surface area contributed by atoms with Crippen molar-refractivity contribution in [3.63, 3.8) is 0 Å². The summed E-state index contributed by atoms with van der Waals surface area (Å²) in [6.45, 7) is 2.02. The second kappa shape index (κ2) is 11.4. The highest BCUT2D eigenvalue weighted by atomic mass is 32.2. The van der Waals surface area contributed by atoms with Crippen molar-refractivity contribution >= 4 is 39.6 Å². The van der Waals surface area contributed by atoms with Crippen LogP contribution < -0.4 is 23.9 Å². The molecule has 0 aromatic heterocycles. The van der Waals surface area contributed by atoms with Crippen molar-refractivity contribution in [1.82, 2.24) is 5.43 Å². The maximum Gasteiger partial charge on any atom is 0.264 e. The van der Waals surface area contributed by atoms with Gasteiger partial charge in [0.25, 0.3) is 15.9 Å². The highest BCUT2D eigenvalue weighted by molar-refractivity contribution is 7.98. The molecule has 1 aliphatic heterocycles. The van der Waals surface area contributed by atoms with Gasteiger partial charge in [0.15, 0.2) is 11.5 Å². The summed E-state index contributed by atoms with van der Waals surface area (Å²) in [4.78, 5) is 13.8. The van der Waals surface area contributed by atoms with Gasteiger partial charge in [0.1, 0.15) is 12.3 Å². The molecule has 0 unspecified atom stereocenters. The van der Waals surface area contributed by atoms with E-state index in [1.165, 1.54) is 30.1 Å². The Bertz CT molecular complexity index is 1340. The minimum atomic E-state index is -4.04. The molecule has 0 fully saturated rings. The van der Waals surface area contributed by atoms with Crippen LogP contribution >= 0.6 is 11.8 Å². The van der Waals surface area contributed by atoms with E-state index in [1.807, 2.05) is 13.2 Å². The molecule has 11 heteroatoms. The van der Waals surface area contributed by atoms with E-state index in [0.29, 0.717) is 35.1 Å². The molecule has 3 aromatic rings. The third-order valence-electron chi connectivity index (χ3n) is 5.17. The number of carbonyl (C=O) groups excluding carboxylic acids is 1. The normalized spacial score (nSPS) is 12.5. The molecule has 0 spiro atoms. The summed E-state index contributed by atoms with van der Waals surface area (Å²) in [6.07, 6.45) is 3.35. The molecule has 0 bridgehead atoms. The lowest BCUT2D eigenvalue weighted by Crippen LogP contribution is -2.39. The second-order valence-electron chi connectivity index (χ2n) is 7.52. The predicted octanol–water partition coefficient (Wildman–Crippen LogP) is 3.88. The fourth-order valence-electron chi connectivity index (χ4n) is 3.40. The van der Waals surface area contributed by atoms with Crippen molar-refractivity contribution in [2.45, 2.75) is 16.7 Å². The van der Waals surface area contributed by atoms with Gasteiger partial charge in [0.2, 0.25) is 6.79 Å². The fraction of sp³-hybridized carbons (Fsp3) is 0.200. The van der Waals surface area contributed by atoms with Gasteiger partial charge in [-0.15, -0.1) is 11.8 Å². The number of anilines is 1. The van der Waals surface area contributed by atoms with E-state index >= 15 is 0 Å². The summed E-state index contributed by atoms with van der Waals surface area (Å²) in [5.74, 6) is 1.22. The molecule has 4 rings (SSSR count). The third kappa shape index (κ3) is 5.92. The van der Waals surface area contributed by atoms with Crippen molar-refractivity contribution in [2.24, 2.45) is 5.10 Å². The molecule has 0 aliphatic carbocycles. The summed E-state index contributed by atoms with van der Waals surface area (Å²) in [5.41, 5.74) is 3.40. The molecule has 9 nitrogen and oxygen atoms in total. The van der Waals surface area contributed by atoms with Crippen LogP contribution in [0.2, 0.25) is 0 Å². The van der Waals surface area contributed by atoms with E-state index in [1.54, 1.807) is 54.6 Å². The Morgan fingerprint density at radius 3 is 2.50 bits per heavy atom. The molecule has 188 valence electrons. The number of nitrogens with zero attached hydrogens (tertiary/aromatic N) is 2. The van der Waals surface area contributed by atoms with Gasteiger partial charge >= 0.3 is 0 Å². The minimum Gasteiger partial charge on any atom is -0.494 e. The average molecular weight is 528 g/mol. The lowest BCUT2D eigenvalue weighted by Gasteiger charge is -2.24. The van der Waals surface area contributed by atoms with Crippen LogP contribution in [0.1, 0.15) is 12.5 Å². The zero-order valence-electron chi connectivity index (χ0n) is 19.7. The topological polar surface area (TPSA) is 107 Å². The first kappa shape index (κ1) is 25.4.